The molecule has 0 saturated heterocycles. The summed E-state index contributed by atoms with van der Waals surface area (Å²) in [6.45, 7) is 3.60. The van der Waals surface area contributed by atoms with Crippen molar-refractivity contribution < 1.29 is 14.3 Å². The molecule has 1 aliphatic rings. The van der Waals surface area contributed by atoms with Crippen molar-refractivity contribution in [2.75, 3.05) is 19.8 Å². The molecule has 0 aliphatic carbocycles. The number of fused-ring (bicyclic) bond motifs is 1. The van der Waals surface area contributed by atoms with Crippen molar-refractivity contribution in [2.24, 2.45) is 0 Å². The summed E-state index contributed by atoms with van der Waals surface area (Å²) in [7, 11) is 0. The van der Waals surface area contributed by atoms with Crippen molar-refractivity contribution in [1.82, 2.24) is 20.0 Å². The summed E-state index contributed by atoms with van der Waals surface area (Å²) in [6, 6.07) is 5.24. The van der Waals surface area contributed by atoms with Gasteiger partial charge in [-0.25, -0.2) is 0 Å². The van der Waals surface area contributed by atoms with Gasteiger partial charge in [0.2, 0.25) is 11.8 Å². The highest BCUT2D eigenvalue weighted by Crippen LogP contribution is 2.21. The van der Waals surface area contributed by atoms with Crippen LogP contribution in [0.25, 0.3) is 0 Å². The number of thiophene rings is 1. The predicted octanol–water partition coefficient (Wildman–Crippen LogP) is 1.18. The van der Waals surface area contributed by atoms with E-state index in [9.17, 15) is 9.59 Å². The third kappa shape index (κ3) is 3.65. The Labute approximate surface area is 144 Å². The SMILES string of the molecule is CCOCC(=O)N1Cc2ccnn2[C@@H](C(=O)NCc2cccs2)C1. The van der Waals surface area contributed by atoms with Gasteiger partial charge in [-0.05, 0) is 24.4 Å². The lowest BCUT2D eigenvalue weighted by molar-refractivity contribution is -0.139. The third-order valence-corrected chi connectivity index (χ3v) is 4.77. The van der Waals surface area contributed by atoms with E-state index < -0.39 is 6.04 Å². The van der Waals surface area contributed by atoms with Crippen LogP contribution in [0.2, 0.25) is 0 Å². The zero-order chi connectivity index (χ0) is 16.9. The lowest BCUT2D eigenvalue weighted by Crippen LogP contribution is -2.47. The van der Waals surface area contributed by atoms with Crippen molar-refractivity contribution in [3.05, 3.63) is 40.3 Å². The molecule has 0 aromatic carbocycles. The van der Waals surface area contributed by atoms with Crippen LogP contribution in [0.5, 0.6) is 0 Å². The first-order chi connectivity index (χ1) is 11.7. The van der Waals surface area contributed by atoms with Crippen molar-refractivity contribution in [3.8, 4) is 0 Å². The van der Waals surface area contributed by atoms with Gasteiger partial charge < -0.3 is 15.0 Å². The number of rotatable bonds is 6. The smallest absolute Gasteiger partial charge is 0.249 e. The molecule has 0 radical (unpaired) electrons. The van der Waals surface area contributed by atoms with Crippen molar-refractivity contribution in [2.45, 2.75) is 26.1 Å². The number of aromatic nitrogens is 2. The fourth-order valence-electron chi connectivity index (χ4n) is 2.66. The van der Waals surface area contributed by atoms with E-state index in [1.807, 2.05) is 30.5 Å². The molecular weight excluding hydrogens is 328 g/mol. The minimum absolute atomic E-state index is 0.0359. The van der Waals surface area contributed by atoms with Gasteiger partial charge in [0, 0.05) is 17.7 Å². The predicted molar refractivity (Wildman–Crippen MR) is 89.3 cm³/mol. The second-order valence-electron chi connectivity index (χ2n) is 5.49. The van der Waals surface area contributed by atoms with E-state index in [2.05, 4.69) is 10.4 Å². The highest BCUT2D eigenvalue weighted by Gasteiger charge is 2.32. The summed E-state index contributed by atoms with van der Waals surface area (Å²) >= 11 is 1.60. The maximum atomic E-state index is 12.6. The van der Waals surface area contributed by atoms with Gasteiger partial charge >= 0.3 is 0 Å². The van der Waals surface area contributed by atoms with E-state index >= 15 is 0 Å². The molecule has 1 N–H and O–H groups in total. The summed E-state index contributed by atoms with van der Waals surface area (Å²) < 4.78 is 6.90. The number of hydrogen-bond donors (Lipinski definition) is 1. The first-order valence-corrected chi connectivity index (χ1v) is 8.75. The average Bonchev–Trinajstić information content (AvgIpc) is 3.27. The molecule has 1 atom stereocenters. The Morgan fingerprint density at radius 2 is 2.33 bits per heavy atom. The van der Waals surface area contributed by atoms with Gasteiger partial charge in [-0.15, -0.1) is 11.3 Å². The van der Waals surface area contributed by atoms with E-state index in [0.717, 1.165) is 10.6 Å². The highest BCUT2D eigenvalue weighted by atomic mass is 32.1. The molecule has 3 rings (SSSR count). The van der Waals surface area contributed by atoms with Gasteiger partial charge in [-0.2, -0.15) is 5.10 Å². The molecule has 0 bridgehead atoms. The van der Waals surface area contributed by atoms with Gasteiger partial charge in [0.25, 0.3) is 0 Å². The standard InChI is InChI=1S/C16H20N4O3S/c1-2-23-11-15(21)19-9-12-5-6-18-20(12)14(10-19)16(22)17-8-13-4-3-7-24-13/h3-7,14H,2,8-11H2,1H3,(H,17,22)/t14-/m1/s1. The normalized spacial score (nSPS) is 16.7. The third-order valence-electron chi connectivity index (χ3n) is 3.90. The number of nitrogens with zero attached hydrogens (tertiary/aromatic N) is 3. The maximum Gasteiger partial charge on any atom is 0.249 e. The average molecular weight is 348 g/mol. The Kier molecular flexibility index (Phi) is 5.27. The molecule has 0 spiro atoms. The lowest BCUT2D eigenvalue weighted by Gasteiger charge is -2.33. The van der Waals surface area contributed by atoms with Crippen LogP contribution < -0.4 is 5.32 Å². The molecule has 24 heavy (non-hydrogen) atoms. The molecule has 0 saturated carbocycles. The summed E-state index contributed by atoms with van der Waals surface area (Å²) in [4.78, 5) is 27.6. The highest BCUT2D eigenvalue weighted by molar-refractivity contribution is 7.09. The number of hydrogen-bond acceptors (Lipinski definition) is 5. The molecule has 7 nitrogen and oxygen atoms in total. The maximum absolute atomic E-state index is 12.6. The summed E-state index contributed by atoms with van der Waals surface area (Å²) in [5.74, 6) is -0.248. The van der Waals surface area contributed by atoms with Crippen molar-refractivity contribution >= 4 is 23.2 Å². The molecule has 2 aromatic rings. The zero-order valence-corrected chi connectivity index (χ0v) is 14.3. The molecule has 2 amide bonds. The van der Waals surface area contributed by atoms with Crippen LogP contribution >= 0.6 is 11.3 Å². The Morgan fingerprint density at radius 3 is 3.08 bits per heavy atom. The van der Waals surface area contributed by atoms with Crippen molar-refractivity contribution in [1.29, 1.82) is 0 Å². The van der Waals surface area contributed by atoms with Crippen LogP contribution in [-0.4, -0.2) is 46.3 Å². The van der Waals surface area contributed by atoms with Crippen LogP contribution in [-0.2, 0) is 27.4 Å². The molecule has 3 heterocycles. The van der Waals surface area contributed by atoms with E-state index in [0.29, 0.717) is 26.2 Å². The van der Waals surface area contributed by atoms with Crippen LogP contribution in [0, 0.1) is 0 Å². The summed E-state index contributed by atoms with van der Waals surface area (Å²) in [6.07, 6.45) is 1.66. The first kappa shape index (κ1) is 16.7. The summed E-state index contributed by atoms with van der Waals surface area (Å²) in [5, 5.41) is 9.15. The number of carbonyl (C=O) groups is 2. The zero-order valence-electron chi connectivity index (χ0n) is 13.5. The molecule has 8 heteroatoms. The molecule has 1 aliphatic heterocycles. The fourth-order valence-corrected chi connectivity index (χ4v) is 3.31. The van der Waals surface area contributed by atoms with Crippen LogP contribution in [0.15, 0.2) is 29.8 Å². The van der Waals surface area contributed by atoms with Gasteiger partial charge in [0.1, 0.15) is 12.6 Å². The molecule has 0 unspecified atom stereocenters. The molecule has 128 valence electrons. The molecular formula is C16H20N4O3S. The molecule has 2 aromatic heterocycles. The Balaban J connectivity index is 1.69. The summed E-state index contributed by atoms with van der Waals surface area (Å²) in [5.41, 5.74) is 0.849. The van der Waals surface area contributed by atoms with E-state index in [1.54, 1.807) is 27.1 Å². The minimum atomic E-state index is -0.519. The minimum Gasteiger partial charge on any atom is -0.372 e. The quantitative estimate of drug-likeness (QED) is 0.850. The number of nitrogens with one attached hydrogen (secondary N) is 1. The Morgan fingerprint density at radius 1 is 1.46 bits per heavy atom. The Hall–Kier alpha value is -2.19. The van der Waals surface area contributed by atoms with Crippen molar-refractivity contribution in [3.63, 3.8) is 0 Å². The van der Waals surface area contributed by atoms with Crippen LogP contribution in [0.4, 0.5) is 0 Å². The van der Waals surface area contributed by atoms with Gasteiger partial charge in [-0.3, -0.25) is 14.3 Å². The van der Waals surface area contributed by atoms with E-state index in [4.69, 9.17) is 4.74 Å². The Bertz CT molecular complexity index is 698. The van der Waals surface area contributed by atoms with E-state index in [-0.39, 0.29) is 18.4 Å². The number of amides is 2. The van der Waals surface area contributed by atoms with Crippen LogP contribution in [0.1, 0.15) is 23.5 Å². The monoisotopic (exact) mass is 348 g/mol. The van der Waals surface area contributed by atoms with E-state index in [1.165, 1.54) is 0 Å². The number of ether oxygens (including phenoxy) is 1. The topological polar surface area (TPSA) is 76.5 Å². The van der Waals surface area contributed by atoms with Gasteiger partial charge in [0.15, 0.2) is 0 Å². The van der Waals surface area contributed by atoms with Crippen LogP contribution in [0.3, 0.4) is 0 Å². The second-order valence-corrected chi connectivity index (χ2v) is 6.52. The van der Waals surface area contributed by atoms with Gasteiger partial charge in [0.05, 0.1) is 25.3 Å². The number of carbonyl (C=O) groups excluding carboxylic acids is 2. The lowest BCUT2D eigenvalue weighted by atomic mass is 10.1. The first-order valence-electron chi connectivity index (χ1n) is 7.87. The van der Waals surface area contributed by atoms with Gasteiger partial charge in [-0.1, -0.05) is 6.07 Å². The fraction of sp³-hybridized carbons (Fsp3) is 0.438. The second kappa shape index (κ2) is 7.59. The largest absolute Gasteiger partial charge is 0.372 e. The molecule has 0 fully saturated rings.